The molecule has 0 aliphatic rings. The summed E-state index contributed by atoms with van der Waals surface area (Å²) < 4.78 is 53.1. The van der Waals surface area contributed by atoms with Crippen LogP contribution in [0.1, 0.15) is 5.56 Å². The third-order valence-corrected chi connectivity index (χ3v) is 4.91. The van der Waals surface area contributed by atoms with Gasteiger partial charge in [0, 0.05) is 18.1 Å². The van der Waals surface area contributed by atoms with Crippen molar-refractivity contribution in [2.75, 3.05) is 11.1 Å². The molecule has 3 aromatic rings. The van der Waals surface area contributed by atoms with Crippen LogP contribution in [0.25, 0.3) is 5.69 Å². The number of aromatic nitrogens is 2. The topological polar surface area (TPSA) is 46.9 Å². The van der Waals surface area contributed by atoms with Gasteiger partial charge in [0.05, 0.1) is 22.0 Å². The first kappa shape index (κ1) is 20.2. The summed E-state index contributed by atoms with van der Waals surface area (Å²) in [5.74, 6) is -1.03. The highest BCUT2D eigenvalue weighted by molar-refractivity contribution is 7.99. The summed E-state index contributed by atoms with van der Waals surface area (Å²) in [5.41, 5.74) is -0.376. The molecule has 0 radical (unpaired) electrons. The van der Waals surface area contributed by atoms with Crippen molar-refractivity contribution in [2.24, 2.45) is 0 Å². The lowest BCUT2D eigenvalue weighted by molar-refractivity contribution is -0.137. The summed E-state index contributed by atoms with van der Waals surface area (Å²) in [5, 5.41) is 2.84. The summed E-state index contributed by atoms with van der Waals surface area (Å²) in [6.07, 6.45) is -1.37. The summed E-state index contributed by atoms with van der Waals surface area (Å²) in [6, 6.07) is 8.41. The molecular weight excluding hydrogens is 418 g/mol. The van der Waals surface area contributed by atoms with Crippen LogP contribution >= 0.6 is 23.4 Å². The van der Waals surface area contributed by atoms with Crippen molar-refractivity contribution in [2.45, 2.75) is 11.3 Å². The predicted molar refractivity (Wildman–Crippen MR) is 99.3 cm³/mol. The number of alkyl halides is 3. The Balaban J connectivity index is 1.68. The second kappa shape index (κ2) is 8.24. The number of rotatable bonds is 5. The maximum absolute atomic E-state index is 13.1. The van der Waals surface area contributed by atoms with Crippen LogP contribution in [0.2, 0.25) is 5.02 Å². The van der Waals surface area contributed by atoms with Crippen LogP contribution < -0.4 is 5.32 Å². The molecule has 0 saturated heterocycles. The van der Waals surface area contributed by atoms with Crippen LogP contribution in [-0.2, 0) is 11.0 Å². The second-order valence-corrected chi connectivity index (χ2v) is 6.94. The van der Waals surface area contributed by atoms with Crippen LogP contribution in [0.4, 0.5) is 23.2 Å². The second-order valence-electron chi connectivity index (χ2n) is 5.59. The lowest BCUT2D eigenvalue weighted by Crippen LogP contribution is -2.16. The van der Waals surface area contributed by atoms with Crippen LogP contribution in [-0.4, -0.2) is 21.2 Å². The van der Waals surface area contributed by atoms with Crippen LogP contribution in [0.5, 0.6) is 0 Å². The molecule has 0 fully saturated rings. The molecule has 3 rings (SSSR count). The number of nitrogens with one attached hydrogen (secondary N) is 1. The fourth-order valence-corrected chi connectivity index (χ4v) is 3.25. The number of hydrogen-bond donors (Lipinski definition) is 1. The number of benzene rings is 2. The predicted octanol–water partition coefficient (Wildman–Crippen LogP) is 5.41. The first-order valence-corrected chi connectivity index (χ1v) is 9.19. The van der Waals surface area contributed by atoms with E-state index < -0.39 is 17.6 Å². The summed E-state index contributed by atoms with van der Waals surface area (Å²) in [6.45, 7) is 0. The van der Waals surface area contributed by atoms with E-state index in [1.807, 2.05) is 0 Å². The van der Waals surface area contributed by atoms with E-state index >= 15 is 0 Å². The molecule has 146 valence electrons. The molecule has 1 amide bonds. The zero-order valence-electron chi connectivity index (χ0n) is 14.0. The van der Waals surface area contributed by atoms with Crippen molar-refractivity contribution < 1.29 is 22.4 Å². The Bertz CT molecular complexity index is 989. The molecule has 28 heavy (non-hydrogen) atoms. The Hall–Kier alpha value is -2.52. The molecule has 0 spiro atoms. The molecule has 1 aromatic heterocycles. The van der Waals surface area contributed by atoms with Gasteiger partial charge in [0.15, 0.2) is 5.16 Å². The van der Waals surface area contributed by atoms with Gasteiger partial charge in [0.1, 0.15) is 5.82 Å². The number of imidazole rings is 1. The van der Waals surface area contributed by atoms with E-state index in [0.29, 0.717) is 10.8 Å². The van der Waals surface area contributed by atoms with Gasteiger partial charge in [-0.1, -0.05) is 23.4 Å². The third kappa shape index (κ3) is 4.85. The normalized spacial score (nSPS) is 11.5. The van der Waals surface area contributed by atoms with Crippen molar-refractivity contribution >= 4 is 35.0 Å². The van der Waals surface area contributed by atoms with E-state index in [2.05, 4.69) is 10.3 Å². The Kier molecular flexibility index (Phi) is 5.95. The minimum absolute atomic E-state index is 0.000776. The average Bonchev–Trinajstić information content (AvgIpc) is 3.10. The first-order valence-electron chi connectivity index (χ1n) is 7.83. The van der Waals surface area contributed by atoms with Crippen molar-refractivity contribution in [3.8, 4) is 5.69 Å². The molecule has 10 heteroatoms. The maximum atomic E-state index is 13.1. The highest BCUT2D eigenvalue weighted by atomic mass is 35.5. The van der Waals surface area contributed by atoms with Gasteiger partial charge in [-0.3, -0.25) is 9.36 Å². The molecule has 0 unspecified atom stereocenters. The SMILES string of the molecule is O=C(CSc1nccn1-c1ccc(F)cc1)Nc1cc(C(F)(F)F)ccc1Cl. The van der Waals surface area contributed by atoms with Gasteiger partial charge in [-0.05, 0) is 42.5 Å². The number of carbonyl (C=O) groups excluding carboxylic acids is 1. The van der Waals surface area contributed by atoms with Gasteiger partial charge in [-0.15, -0.1) is 0 Å². The lowest BCUT2D eigenvalue weighted by Gasteiger charge is -2.12. The minimum Gasteiger partial charge on any atom is -0.324 e. The number of hydrogen-bond acceptors (Lipinski definition) is 3. The standard InChI is InChI=1S/C18H12ClF4N3OS/c19-14-6-1-11(18(21,22)23)9-15(14)25-16(27)10-28-17-24-7-8-26(17)13-4-2-12(20)3-5-13/h1-9H,10H2,(H,25,27). The first-order chi connectivity index (χ1) is 13.2. The quantitative estimate of drug-likeness (QED) is 0.435. The Morgan fingerprint density at radius 2 is 1.89 bits per heavy atom. The third-order valence-electron chi connectivity index (χ3n) is 3.61. The van der Waals surface area contributed by atoms with Crippen molar-refractivity contribution in [1.82, 2.24) is 9.55 Å². The number of nitrogens with zero attached hydrogens (tertiary/aromatic N) is 2. The number of halogens is 5. The van der Waals surface area contributed by atoms with E-state index in [-0.39, 0.29) is 22.3 Å². The van der Waals surface area contributed by atoms with E-state index in [9.17, 15) is 22.4 Å². The zero-order chi connectivity index (χ0) is 20.3. The largest absolute Gasteiger partial charge is 0.416 e. The average molecular weight is 430 g/mol. The van der Waals surface area contributed by atoms with E-state index in [1.165, 1.54) is 18.3 Å². The molecule has 0 saturated carbocycles. The monoisotopic (exact) mass is 429 g/mol. The smallest absolute Gasteiger partial charge is 0.324 e. The Morgan fingerprint density at radius 3 is 2.57 bits per heavy atom. The van der Waals surface area contributed by atoms with Gasteiger partial charge < -0.3 is 5.32 Å². The van der Waals surface area contributed by atoms with Gasteiger partial charge in [0.2, 0.25) is 5.91 Å². The Labute approximate surface area is 166 Å². The molecule has 1 N–H and O–H groups in total. The Morgan fingerprint density at radius 1 is 1.18 bits per heavy atom. The van der Waals surface area contributed by atoms with Gasteiger partial charge >= 0.3 is 6.18 Å². The van der Waals surface area contributed by atoms with E-state index in [0.717, 1.165) is 30.0 Å². The maximum Gasteiger partial charge on any atom is 0.416 e. The molecule has 0 bridgehead atoms. The van der Waals surface area contributed by atoms with Crippen LogP contribution in [0.3, 0.4) is 0 Å². The molecule has 4 nitrogen and oxygen atoms in total. The highest BCUT2D eigenvalue weighted by Crippen LogP contribution is 2.34. The van der Waals surface area contributed by atoms with Crippen LogP contribution in [0, 0.1) is 5.82 Å². The van der Waals surface area contributed by atoms with Crippen molar-refractivity contribution in [3.05, 3.63) is 71.3 Å². The number of anilines is 1. The van der Waals surface area contributed by atoms with Gasteiger partial charge in [-0.2, -0.15) is 13.2 Å². The van der Waals surface area contributed by atoms with Crippen molar-refractivity contribution in [1.29, 1.82) is 0 Å². The fourth-order valence-electron chi connectivity index (χ4n) is 2.31. The molecule has 0 aliphatic carbocycles. The number of thioether (sulfide) groups is 1. The van der Waals surface area contributed by atoms with Gasteiger partial charge in [0.25, 0.3) is 0 Å². The summed E-state index contributed by atoms with van der Waals surface area (Å²) in [4.78, 5) is 16.3. The highest BCUT2D eigenvalue weighted by Gasteiger charge is 2.31. The molecule has 0 aliphatic heterocycles. The number of carbonyl (C=O) groups is 1. The molecule has 0 atom stereocenters. The zero-order valence-corrected chi connectivity index (χ0v) is 15.6. The van der Waals surface area contributed by atoms with Crippen LogP contribution in [0.15, 0.2) is 60.0 Å². The van der Waals surface area contributed by atoms with Gasteiger partial charge in [-0.25, -0.2) is 9.37 Å². The molecular formula is C18H12ClF4N3OS. The molecule has 1 heterocycles. The summed E-state index contributed by atoms with van der Waals surface area (Å²) >= 11 is 6.95. The number of amides is 1. The van der Waals surface area contributed by atoms with Crippen molar-refractivity contribution in [3.63, 3.8) is 0 Å². The lowest BCUT2D eigenvalue weighted by atomic mass is 10.2. The van der Waals surface area contributed by atoms with E-state index in [4.69, 9.17) is 11.6 Å². The fraction of sp³-hybridized carbons (Fsp3) is 0.111. The minimum atomic E-state index is -4.54. The molecule has 2 aromatic carbocycles. The van der Waals surface area contributed by atoms with E-state index in [1.54, 1.807) is 22.9 Å². The summed E-state index contributed by atoms with van der Waals surface area (Å²) in [7, 11) is 0.